The summed E-state index contributed by atoms with van der Waals surface area (Å²) in [6.45, 7) is 0. The van der Waals surface area contributed by atoms with Gasteiger partial charge < -0.3 is 5.32 Å². The fourth-order valence-corrected chi connectivity index (χ4v) is 3.16. The number of benzene rings is 1. The third-order valence-electron chi connectivity index (χ3n) is 3.43. The number of nitrogens with zero attached hydrogens (tertiary/aromatic N) is 1. The highest BCUT2D eigenvalue weighted by Gasteiger charge is 2.52. The van der Waals surface area contributed by atoms with E-state index in [9.17, 15) is 4.79 Å². The van der Waals surface area contributed by atoms with E-state index in [1.54, 1.807) is 29.5 Å². The molecule has 4 heteroatoms. The number of thiophene rings is 1. The molecule has 2 aromatic rings. The minimum absolute atomic E-state index is 0.0324. The third kappa shape index (κ3) is 2.13. The molecule has 1 aliphatic rings. The fraction of sp³-hybridized carbons (Fsp3) is 0.200. The number of anilines is 1. The molecule has 0 bridgehead atoms. The van der Waals surface area contributed by atoms with Crippen LogP contribution in [-0.4, -0.2) is 5.91 Å². The Bertz CT molecular complexity index is 651. The molecule has 1 aromatic heterocycles. The van der Waals surface area contributed by atoms with Crippen LogP contribution >= 0.6 is 11.3 Å². The summed E-state index contributed by atoms with van der Waals surface area (Å²) < 4.78 is 0. The Morgan fingerprint density at radius 1 is 1.32 bits per heavy atom. The van der Waals surface area contributed by atoms with E-state index in [-0.39, 0.29) is 11.3 Å². The van der Waals surface area contributed by atoms with Gasteiger partial charge in [0.05, 0.1) is 17.0 Å². The van der Waals surface area contributed by atoms with Crippen LogP contribution in [0.1, 0.15) is 23.3 Å². The van der Waals surface area contributed by atoms with Crippen molar-refractivity contribution in [3.63, 3.8) is 0 Å². The first-order valence-corrected chi connectivity index (χ1v) is 6.98. The summed E-state index contributed by atoms with van der Waals surface area (Å²) in [5.41, 5.74) is 0.905. The zero-order valence-corrected chi connectivity index (χ0v) is 11.0. The monoisotopic (exact) mass is 268 g/mol. The molecule has 0 saturated heterocycles. The number of amides is 1. The van der Waals surface area contributed by atoms with Crippen molar-refractivity contribution < 1.29 is 4.79 Å². The lowest BCUT2D eigenvalue weighted by Gasteiger charge is -2.13. The summed E-state index contributed by atoms with van der Waals surface area (Å²) in [4.78, 5) is 13.5. The third-order valence-corrected chi connectivity index (χ3v) is 4.50. The van der Waals surface area contributed by atoms with Crippen LogP contribution in [0.3, 0.4) is 0 Å². The lowest BCUT2D eigenvalue weighted by molar-refractivity contribution is -0.118. The van der Waals surface area contributed by atoms with Gasteiger partial charge in [-0.1, -0.05) is 12.1 Å². The van der Waals surface area contributed by atoms with Gasteiger partial charge in [-0.15, -0.1) is 11.3 Å². The first-order valence-electron chi connectivity index (χ1n) is 6.10. The summed E-state index contributed by atoms with van der Waals surface area (Å²) in [5.74, 6) is 0.0324. The van der Waals surface area contributed by atoms with Crippen LogP contribution < -0.4 is 5.32 Å². The predicted octanol–water partition coefficient (Wildman–Crippen LogP) is 3.29. The number of rotatable bonds is 3. The zero-order chi connectivity index (χ0) is 13.3. The number of hydrogen-bond donors (Lipinski definition) is 1. The smallest absolute Gasteiger partial charge is 0.235 e. The molecule has 0 aliphatic heterocycles. The van der Waals surface area contributed by atoms with Gasteiger partial charge in [-0.3, -0.25) is 4.79 Å². The normalized spacial score (nSPS) is 15.5. The lowest BCUT2D eigenvalue weighted by atomic mass is 10.0. The number of carbonyl (C=O) groups is 1. The van der Waals surface area contributed by atoms with E-state index in [1.807, 2.05) is 23.6 Å². The highest BCUT2D eigenvalue weighted by atomic mass is 32.1. The SMILES string of the molecule is N#Cc1cccc(NC(=O)C2(c3cccs3)CC2)c1. The van der Waals surface area contributed by atoms with Crippen molar-refractivity contribution in [3.8, 4) is 6.07 Å². The van der Waals surface area contributed by atoms with Gasteiger partial charge >= 0.3 is 0 Å². The van der Waals surface area contributed by atoms with Crippen molar-refractivity contribution in [3.05, 3.63) is 52.2 Å². The van der Waals surface area contributed by atoms with Crippen LogP contribution in [0.25, 0.3) is 0 Å². The van der Waals surface area contributed by atoms with Gasteiger partial charge in [0.25, 0.3) is 0 Å². The molecule has 0 radical (unpaired) electrons. The Kier molecular flexibility index (Phi) is 2.84. The Morgan fingerprint density at radius 3 is 2.79 bits per heavy atom. The maximum Gasteiger partial charge on any atom is 0.235 e. The molecule has 0 unspecified atom stereocenters. The van der Waals surface area contributed by atoms with E-state index in [0.29, 0.717) is 11.3 Å². The first-order chi connectivity index (χ1) is 9.24. The van der Waals surface area contributed by atoms with E-state index in [0.717, 1.165) is 17.7 Å². The predicted molar refractivity (Wildman–Crippen MR) is 75.0 cm³/mol. The molecule has 1 heterocycles. The molecule has 1 amide bonds. The fourth-order valence-electron chi connectivity index (χ4n) is 2.18. The van der Waals surface area contributed by atoms with Crippen LogP contribution in [0.4, 0.5) is 5.69 Å². The highest BCUT2D eigenvalue weighted by molar-refractivity contribution is 7.10. The molecule has 19 heavy (non-hydrogen) atoms. The van der Waals surface area contributed by atoms with E-state index < -0.39 is 0 Å². The van der Waals surface area contributed by atoms with Gasteiger partial charge in [0.15, 0.2) is 0 Å². The van der Waals surface area contributed by atoms with Crippen LogP contribution in [0.15, 0.2) is 41.8 Å². The first kappa shape index (κ1) is 11.9. The second-order valence-corrected chi connectivity index (χ2v) is 5.65. The highest BCUT2D eigenvalue weighted by Crippen LogP contribution is 2.50. The van der Waals surface area contributed by atoms with Crippen molar-refractivity contribution in [2.75, 3.05) is 5.32 Å². The minimum Gasteiger partial charge on any atom is -0.325 e. The molecule has 0 spiro atoms. The molecule has 0 atom stereocenters. The quantitative estimate of drug-likeness (QED) is 0.928. The molecule has 1 fully saturated rings. The summed E-state index contributed by atoms with van der Waals surface area (Å²) >= 11 is 1.63. The van der Waals surface area contributed by atoms with Gasteiger partial charge in [0.2, 0.25) is 5.91 Å². The van der Waals surface area contributed by atoms with E-state index in [1.165, 1.54) is 0 Å². The summed E-state index contributed by atoms with van der Waals surface area (Å²) in [5, 5.41) is 13.8. The number of carbonyl (C=O) groups excluding carboxylic acids is 1. The average molecular weight is 268 g/mol. The molecular formula is C15H12N2OS. The van der Waals surface area contributed by atoms with Gasteiger partial charge in [-0.2, -0.15) is 5.26 Å². The molecule has 1 saturated carbocycles. The molecule has 94 valence electrons. The number of hydrogen-bond acceptors (Lipinski definition) is 3. The van der Waals surface area contributed by atoms with Gasteiger partial charge in [-0.25, -0.2) is 0 Å². The van der Waals surface area contributed by atoms with Crippen LogP contribution in [-0.2, 0) is 10.2 Å². The van der Waals surface area contributed by atoms with Crippen molar-refractivity contribution in [2.45, 2.75) is 18.3 Å². The van der Waals surface area contributed by atoms with Crippen LogP contribution in [0.2, 0.25) is 0 Å². The van der Waals surface area contributed by atoms with E-state index >= 15 is 0 Å². The number of nitriles is 1. The number of nitrogens with one attached hydrogen (secondary N) is 1. The van der Waals surface area contributed by atoms with E-state index in [2.05, 4.69) is 11.4 Å². The zero-order valence-electron chi connectivity index (χ0n) is 10.2. The van der Waals surface area contributed by atoms with Crippen molar-refractivity contribution >= 4 is 22.9 Å². The molecule has 3 nitrogen and oxygen atoms in total. The second-order valence-electron chi connectivity index (χ2n) is 4.71. The van der Waals surface area contributed by atoms with Crippen LogP contribution in [0, 0.1) is 11.3 Å². The van der Waals surface area contributed by atoms with Crippen molar-refractivity contribution in [1.29, 1.82) is 5.26 Å². The topological polar surface area (TPSA) is 52.9 Å². The Morgan fingerprint density at radius 2 is 2.16 bits per heavy atom. The standard InChI is InChI=1S/C15H12N2OS/c16-10-11-3-1-4-12(9-11)17-14(18)15(6-7-15)13-5-2-8-19-13/h1-5,8-9H,6-7H2,(H,17,18). The molecule has 1 aliphatic carbocycles. The molecular weight excluding hydrogens is 256 g/mol. The Balaban J connectivity index is 1.81. The van der Waals surface area contributed by atoms with Crippen molar-refractivity contribution in [2.24, 2.45) is 0 Å². The minimum atomic E-state index is -0.336. The van der Waals surface area contributed by atoms with Gasteiger partial charge in [0.1, 0.15) is 0 Å². The van der Waals surface area contributed by atoms with Crippen molar-refractivity contribution in [1.82, 2.24) is 0 Å². The lowest BCUT2D eigenvalue weighted by Crippen LogP contribution is -2.26. The van der Waals surface area contributed by atoms with Gasteiger partial charge in [-0.05, 0) is 42.5 Å². The molecule has 3 rings (SSSR count). The summed E-state index contributed by atoms with van der Waals surface area (Å²) in [7, 11) is 0. The Labute approximate surface area is 115 Å². The molecule has 1 N–H and O–H groups in total. The largest absolute Gasteiger partial charge is 0.325 e. The van der Waals surface area contributed by atoms with Gasteiger partial charge in [0, 0.05) is 10.6 Å². The summed E-state index contributed by atoms with van der Waals surface area (Å²) in [6, 6.07) is 13.1. The molecule has 1 aromatic carbocycles. The average Bonchev–Trinajstić information content (AvgIpc) is 3.07. The maximum absolute atomic E-state index is 12.4. The van der Waals surface area contributed by atoms with Crippen LogP contribution in [0.5, 0.6) is 0 Å². The maximum atomic E-state index is 12.4. The Hall–Kier alpha value is -2.12. The second kappa shape index (κ2) is 4.52. The van der Waals surface area contributed by atoms with E-state index in [4.69, 9.17) is 5.26 Å². The summed E-state index contributed by atoms with van der Waals surface area (Å²) in [6.07, 6.45) is 1.80.